The van der Waals surface area contributed by atoms with E-state index in [2.05, 4.69) is 15.4 Å². The molecule has 0 unspecified atom stereocenters. The van der Waals surface area contributed by atoms with Crippen molar-refractivity contribution < 1.29 is 12.8 Å². The summed E-state index contributed by atoms with van der Waals surface area (Å²) in [6, 6.07) is 27.5. The molecular formula is C34H36FN5O2S. The molecule has 7 nitrogen and oxygen atoms in total. The van der Waals surface area contributed by atoms with Crippen LogP contribution in [0.3, 0.4) is 0 Å². The zero-order valence-corrected chi connectivity index (χ0v) is 24.8. The van der Waals surface area contributed by atoms with E-state index in [1.807, 2.05) is 54.6 Å². The largest absolute Gasteiger partial charge is 0.369 e. The highest BCUT2D eigenvalue weighted by Crippen LogP contribution is 2.30. The Morgan fingerprint density at radius 1 is 0.744 bits per heavy atom. The third kappa shape index (κ3) is 7.29. The molecule has 0 bridgehead atoms. The van der Waals surface area contributed by atoms with E-state index in [4.69, 9.17) is 9.97 Å². The highest BCUT2D eigenvalue weighted by Gasteiger charge is 2.24. The van der Waals surface area contributed by atoms with Crippen molar-refractivity contribution in [3.63, 3.8) is 0 Å². The van der Waals surface area contributed by atoms with Crippen LogP contribution in [0.4, 0.5) is 16.2 Å². The van der Waals surface area contributed by atoms with Gasteiger partial charge in [-0.25, -0.2) is 22.5 Å². The number of fused-ring (bicyclic) bond motifs is 2. The second-order valence-corrected chi connectivity index (χ2v) is 13.1. The van der Waals surface area contributed by atoms with Gasteiger partial charge in [-0.15, -0.1) is 0 Å². The SMILES string of the molecule is O=S(=O)(NC[C@H]1CC[C@H](CNc2nc(NCCc3ccc(F)cc3)c3ccccc3n2)CC1)c1ccc2ccccc2c1. The van der Waals surface area contributed by atoms with Gasteiger partial charge in [-0.05, 0) is 96.7 Å². The number of benzene rings is 4. The summed E-state index contributed by atoms with van der Waals surface area (Å²) >= 11 is 0. The van der Waals surface area contributed by atoms with Crippen molar-refractivity contribution in [1.82, 2.24) is 14.7 Å². The van der Waals surface area contributed by atoms with Crippen LogP contribution in [-0.2, 0) is 16.4 Å². The molecule has 43 heavy (non-hydrogen) atoms. The number of rotatable bonds is 11. The van der Waals surface area contributed by atoms with E-state index in [9.17, 15) is 12.8 Å². The lowest BCUT2D eigenvalue weighted by Crippen LogP contribution is -2.32. The molecule has 1 fully saturated rings. The van der Waals surface area contributed by atoms with Crippen LogP contribution >= 0.6 is 0 Å². The normalized spacial score (nSPS) is 17.2. The van der Waals surface area contributed by atoms with Crippen LogP contribution in [-0.4, -0.2) is 38.0 Å². The zero-order chi connectivity index (χ0) is 29.6. The van der Waals surface area contributed by atoms with Crippen LogP contribution in [0.2, 0.25) is 0 Å². The number of aromatic nitrogens is 2. The van der Waals surface area contributed by atoms with Gasteiger partial charge in [-0.2, -0.15) is 4.98 Å². The summed E-state index contributed by atoms with van der Waals surface area (Å²) in [5.41, 5.74) is 1.93. The molecular weight excluding hydrogens is 561 g/mol. The van der Waals surface area contributed by atoms with Crippen LogP contribution in [0.1, 0.15) is 31.2 Å². The third-order valence-electron chi connectivity index (χ3n) is 8.33. The second-order valence-electron chi connectivity index (χ2n) is 11.3. The van der Waals surface area contributed by atoms with Gasteiger partial charge >= 0.3 is 0 Å². The average molecular weight is 598 g/mol. The second kappa shape index (κ2) is 13.1. The molecule has 0 aliphatic heterocycles. The Balaban J connectivity index is 1.00. The monoisotopic (exact) mass is 597 g/mol. The van der Waals surface area contributed by atoms with Gasteiger partial charge in [-0.3, -0.25) is 0 Å². The molecule has 1 heterocycles. The maximum atomic E-state index is 13.2. The van der Waals surface area contributed by atoms with E-state index < -0.39 is 10.0 Å². The van der Waals surface area contributed by atoms with Crippen LogP contribution in [0, 0.1) is 17.7 Å². The zero-order valence-electron chi connectivity index (χ0n) is 24.0. The minimum absolute atomic E-state index is 0.232. The van der Waals surface area contributed by atoms with Crippen LogP contribution in [0.25, 0.3) is 21.7 Å². The fourth-order valence-corrected chi connectivity index (χ4v) is 6.94. The summed E-state index contributed by atoms with van der Waals surface area (Å²) in [5, 5.41) is 9.79. The lowest BCUT2D eigenvalue weighted by Gasteiger charge is -2.28. The Hall–Kier alpha value is -4.08. The number of nitrogens with zero attached hydrogens (tertiary/aromatic N) is 2. The molecule has 1 aromatic heterocycles. The summed E-state index contributed by atoms with van der Waals surface area (Å²) in [6.07, 6.45) is 4.74. The standard InChI is InChI=1S/C34H36FN5O2S/c35-29-16-13-24(14-17-29)19-20-36-33-31-7-3-4-8-32(31)39-34(40-33)37-22-25-9-11-26(12-10-25)23-38-43(41,42)30-18-15-27-5-1-2-6-28(27)21-30/h1-8,13-18,21,25-26,38H,9-12,19-20,22-23H2,(H2,36,37,39,40)/t25-,26-. The van der Waals surface area contributed by atoms with Crippen molar-refractivity contribution in [2.45, 2.75) is 37.0 Å². The van der Waals surface area contributed by atoms with Crippen LogP contribution < -0.4 is 15.4 Å². The molecule has 0 radical (unpaired) electrons. The fraction of sp³-hybridized carbons (Fsp3) is 0.294. The van der Waals surface area contributed by atoms with Crippen molar-refractivity contribution in [2.24, 2.45) is 11.8 Å². The Bertz CT molecular complexity index is 1810. The first-order chi connectivity index (χ1) is 20.9. The topological polar surface area (TPSA) is 96.0 Å². The molecule has 1 aliphatic rings. The number of halogens is 1. The van der Waals surface area contributed by atoms with E-state index in [1.54, 1.807) is 24.3 Å². The van der Waals surface area contributed by atoms with Crippen molar-refractivity contribution in [3.8, 4) is 0 Å². The third-order valence-corrected chi connectivity index (χ3v) is 9.75. The Labute approximate surface area is 252 Å². The first-order valence-electron chi connectivity index (χ1n) is 14.9. The van der Waals surface area contributed by atoms with Gasteiger partial charge in [0.1, 0.15) is 11.6 Å². The molecule has 5 aromatic rings. The van der Waals surface area contributed by atoms with Gasteiger partial charge in [0, 0.05) is 25.0 Å². The summed E-state index contributed by atoms with van der Waals surface area (Å²) in [7, 11) is -3.56. The van der Waals surface area contributed by atoms with E-state index in [0.717, 1.165) is 71.7 Å². The number of hydrogen-bond acceptors (Lipinski definition) is 6. The van der Waals surface area contributed by atoms with E-state index in [0.29, 0.717) is 35.8 Å². The Kier molecular flexibility index (Phi) is 8.81. The summed E-state index contributed by atoms with van der Waals surface area (Å²) in [6.45, 7) is 1.89. The predicted molar refractivity (Wildman–Crippen MR) is 171 cm³/mol. The maximum absolute atomic E-state index is 13.2. The number of nitrogens with one attached hydrogen (secondary N) is 3. The smallest absolute Gasteiger partial charge is 0.240 e. The predicted octanol–water partition coefficient (Wildman–Crippen LogP) is 6.77. The first kappa shape index (κ1) is 29.0. The number of anilines is 2. The number of sulfonamides is 1. The number of para-hydroxylation sites is 1. The molecule has 1 aliphatic carbocycles. The minimum atomic E-state index is -3.56. The summed E-state index contributed by atoms with van der Waals surface area (Å²) < 4.78 is 42.0. The quantitative estimate of drug-likeness (QED) is 0.156. The van der Waals surface area contributed by atoms with Gasteiger partial charge in [0.15, 0.2) is 0 Å². The molecule has 3 N–H and O–H groups in total. The van der Waals surface area contributed by atoms with Gasteiger partial charge in [0.05, 0.1) is 10.4 Å². The summed E-state index contributed by atoms with van der Waals surface area (Å²) in [5.74, 6) is 1.92. The van der Waals surface area contributed by atoms with Crippen molar-refractivity contribution in [3.05, 3.63) is 102 Å². The van der Waals surface area contributed by atoms with Crippen molar-refractivity contribution in [2.75, 3.05) is 30.3 Å². The van der Waals surface area contributed by atoms with E-state index in [1.165, 1.54) is 12.1 Å². The highest BCUT2D eigenvalue weighted by atomic mass is 32.2. The van der Waals surface area contributed by atoms with Gasteiger partial charge in [-0.1, -0.05) is 54.6 Å². The molecule has 0 saturated heterocycles. The molecule has 1 saturated carbocycles. The van der Waals surface area contributed by atoms with Crippen LogP contribution in [0.5, 0.6) is 0 Å². The Morgan fingerprint density at radius 3 is 2.23 bits per heavy atom. The van der Waals surface area contributed by atoms with Crippen molar-refractivity contribution in [1.29, 1.82) is 0 Å². The Morgan fingerprint density at radius 2 is 1.44 bits per heavy atom. The van der Waals surface area contributed by atoms with Gasteiger partial charge in [0.25, 0.3) is 0 Å². The maximum Gasteiger partial charge on any atom is 0.240 e. The average Bonchev–Trinajstić information content (AvgIpc) is 3.04. The highest BCUT2D eigenvalue weighted by molar-refractivity contribution is 7.89. The molecule has 9 heteroatoms. The first-order valence-corrected chi connectivity index (χ1v) is 16.4. The minimum Gasteiger partial charge on any atom is -0.369 e. The molecule has 6 rings (SSSR count). The molecule has 0 spiro atoms. The molecule has 4 aromatic carbocycles. The molecule has 222 valence electrons. The van der Waals surface area contributed by atoms with Gasteiger partial charge in [0.2, 0.25) is 16.0 Å². The van der Waals surface area contributed by atoms with E-state index in [-0.39, 0.29) is 5.82 Å². The van der Waals surface area contributed by atoms with Crippen LogP contribution in [0.15, 0.2) is 95.9 Å². The number of hydrogen-bond donors (Lipinski definition) is 3. The lowest BCUT2D eigenvalue weighted by atomic mass is 9.82. The van der Waals surface area contributed by atoms with E-state index >= 15 is 0 Å². The lowest BCUT2D eigenvalue weighted by molar-refractivity contribution is 0.284. The fourth-order valence-electron chi connectivity index (χ4n) is 5.79. The van der Waals surface area contributed by atoms with Gasteiger partial charge < -0.3 is 10.6 Å². The molecule has 0 atom stereocenters. The molecule has 0 amide bonds. The summed E-state index contributed by atoms with van der Waals surface area (Å²) in [4.78, 5) is 9.82. The van der Waals surface area contributed by atoms with Crippen molar-refractivity contribution >= 4 is 43.5 Å².